The number of allylic oxidation sites excluding steroid dienone is 1. The van der Waals surface area contributed by atoms with E-state index in [-0.39, 0.29) is 17.2 Å². The first kappa shape index (κ1) is 20.9. The third-order valence-corrected chi connectivity index (χ3v) is 4.61. The molecule has 0 heterocycles. The zero-order valence-corrected chi connectivity index (χ0v) is 16.8. The maximum absolute atomic E-state index is 13.5. The lowest BCUT2D eigenvalue weighted by molar-refractivity contribution is 0.284. The molecule has 0 N–H and O–H groups in total. The Balaban J connectivity index is 1.92. The van der Waals surface area contributed by atoms with Gasteiger partial charge in [0.25, 0.3) is 0 Å². The molecule has 3 aromatic rings. The molecule has 0 spiro atoms. The van der Waals surface area contributed by atoms with Gasteiger partial charge in [0.2, 0.25) is 0 Å². The fourth-order valence-corrected chi connectivity index (χ4v) is 3.14. The molecule has 0 radical (unpaired) electrons. The second kappa shape index (κ2) is 9.60. The predicted octanol–water partition coefficient (Wildman–Crippen LogP) is 6.00. The summed E-state index contributed by atoms with van der Waals surface area (Å²) in [6.07, 6.45) is 1.60. The third kappa shape index (κ3) is 4.78. The molecule has 4 nitrogen and oxygen atoms in total. The van der Waals surface area contributed by atoms with E-state index in [9.17, 15) is 14.9 Å². The topological polar surface area (TPSA) is 66.0 Å². The highest BCUT2D eigenvalue weighted by Crippen LogP contribution is 2.38. The summed E-state index contributed by atoms with van der Waals surface area (Å²) in [4.78, 5) is 0. The lowest BCUT2D eigenvalue weighted by Gasteiger charge is -2.14. The summed E-state index contributed by atoms with van der Waals surface area (Å²) < 4.78 is 24.7. The number of ether oxygens (including phenoxy) is 2. The molecule has 0 aliphatic rings. The normalized spacial score (nSPS) is 10.8. The van der Waals surface area contributed by atoms with Crippen molar-refractivity contribution in [1.29, 1.82) is 10.5 Å². The summed E-state index contributed by atoms with van der Waals surface area (Å²) in [6.45, 7) is 0.141. The van der Waals surface area contributed by atoms with Crippen LogP contribution in [0, 0.1) is 28.5 Å². The van der Waals surface area contributed by atoms with E-state index in [4.69, 9.17) is 21.1 Å². The molecule has 0 aromatic heterocycles. The van der Waals surface area contributed by atoms with E-state index in [2.05, 4.69) is 12.1 Å². The average molecular weight is 419 g/mol. The Bertz CT molecular complexity index is 1190. The average Bonchev–Trinajstić information content (AvgIpc) is 2.76. The number of hydrogen-bond donors (Lipinski definition) is 0. The molecule has 3 aromatic carbocycles. The molecular formula is C24H16ClFN2O2. The Morgan fingerprint density at radius 2 is 1.90 bits per heavy atom. The maximum Gasteiger partial charge on any atom is 0.180 e. The smallest absolute Gasteiger partial charge is 0.180 e. The number of benzene rings is 3. The van der Waals surface area contributed by atoms with Crippen LogP contribution in [0.4, 0.5) is 4.39 Å². The minimum absolute atomic E-state index is 0.141. The van der Waals surface area contributed by atoms with Crippen molar-refractivity contribution in [3.63, 3.8) is 0 Å². The van der Waals surface area contributed by atoms with Crippen molar-refractivity contribution < 1.29 is 13.9 Å². The van der Waals surface area contributed by atoms with Crippen molar-refractivity contribution in [1.82, 2.24) is 0 Å². The van der Waals surface area contributed by atoms with Crippen LogP contribution >= 0.6 is 11.6 Å². The zero-order valence-electron chi connectivity index (χ0n) is 16.0. The summed E-state index contributed by atoms with van der Waals surface area (Å²) in [5, 5.41) is 19.0. The van der Waals surface area contributed by atoms with Gasteiger partial charge in [0.15, 0.2) is 11.5 Å². The number of hydrogen-bond acceptors (Lipinski definition) is 4. The molecule has 6 heteroatoms. The van der Waals surface area contributed by atoms with Gasteiger partial charge in [0, 0.05) is 5.56 Å². The summed E-state index contributed by atoms with van der Waals surface area (Å²) in [6, 6.07) is 20.4. The molecule has 0 bridgehead atoms. The monoisotopic (exact) mass is 418 g/mol. The van der Waals surface area contributed by atoms with E-state index in [1.165, 1.54) is 19.2 Å². The first-order valence-corrected chi connectivity index (χ1v) is 9.29. The minimum Gasteiger partial charge on any atom is -0.493 e. The zero-order chi connectivity index (χ0) is 21.5. The van der Waals surface area contributed by atoms with Gasteiger partial charge in [-0.2, -0.15) is 10.5 Å². The van der Waals surface area contributed by atoms with Crippen molar-refractivity contribution in [3.05, 3.63) is 93.8 Å². The van der Waals surface area contributed by atoms with Gasteiger partial charge in [-0.15, -0.1) is 0 Å². The van der Waals surface area contributed by atoms with E-state index in [1.54, 1.807) is 48.5 Å². The van der Waals surface area contributed by atoms with E-state index in [0.717, 1.165) is 5.56 Å². The number of halogens is 2. The molecule has 0 fully saturated rings. The van der Waals surface area contributed by atoms with Crippen LogP contribution in [0.2, 0.25) is 5.02 Å². The van der Waals surface area contributed by atoms with Crippen molar-refractivity contribution in [2.45, 2.75) is 6.61 Å². The molecule has 3 rings (SSSR count). The summed E-state index contributed by atoms with van der Waals surface area (Å²) >= 11 is 6.41. The quantitative estimate of drug-likeness (QED) is 0.363. The first-order chi connectivity index (χ1) is 14.5. The van der Waals surface area contributed by atoms with Crippen LogP contribution in [-0.4, -0.2) is 7.11 Å². The number of nitrogens with zero attached hydrogens (tertiary/aromatic N) is 2. The fourth-order valence-electron chi connectivity index (χ4n) is 2.87. The molecule has 148 valence electrons. The van der Waals surface area contributed by atoms with Crippen molar-refractivity contribution in [3.8, 4) is 23.6 Å². The Hall–Kier alpha value is -3.80. The lowest BCUT2D eigenvalue weighted by atomic mass is 10.0. The highest BCUT2D eigenvalue weighted by atomic mass is 35.5. The van der Waals surface area contributed by atoms with Crippen molar-refractivity contribution >= 4 is 23.3 Å². The Morgan fingerprint density at radius 3 is 2.60 bits per heavy atom. The summed E-state index contributed by atoms with van der Waals surface area (Å²) in [5.41, 5.74) is 2.58. The molecule has 0 atom stereocenters. The highest BCUT2D eigenvalue weighted by molar-refractivity contribution is 6.32. The minimum atomic E-state index is -0.425. The van der Waals surface area contributed by atoms with Gasteiger partial charge in [-0.3, -0.25) is 0 Å². The fraction of sp³-hybridized carbons (Fsp3) is 0.0833. The number of nitriles is 2. The van der Waals surface area contributed by atoms with Gasteiger partial charge in [-0.25, -0.2) is 4.39 Å². The van der Waals surface area contributed by atoms with Crippen molar-refractivity contribution in [2.24, 2.45) is 0 Å². The number of rotatable bonds is 6. The summed E-state index contributed by atoms with van der Waals surface area (Å²) in [5.74, 6) is 0.277. The molecule has 0 aliphatic carbocycles. The Morgan fingerprint density at radius 1 is 1.10 bits per heavy atom. The number of methoxy groups -OCH3 is 1. The van der Waals surface area contributed by atoms with Gasteiger partial charge < -0.3 is 9.47 Å². The van der Waals surface area contributed by atoms with E-state index >= 15 is 0 Å². The van der Waals surface area contributed by atoms with Crippen molar-refractivity contribution in [2.75, 3.05) is 7.11 Å². The van der Waals surface area contributed by atoms with Crippen LogP contribution < -0.4 is 9.47 Å². The van der Waals surface area contributed by atoms with Crippen LogP contribution in [0.1, 0.15) is 22.3 Å². The standard InChI is InChI=1S/C24H16ClFN2O2/c1-29-23-11-16(9-20(14-28)17-7-4-8-21(26)12-17)10-22(25)24(23)30-15-19-6-3-2-5-18(19)13-27/h2-12H,15H2,1H3/b20-9-. The maximum atomic E-state index is 13.5. The molecule has 0 amide bonds. The Labute approximate surface area is 179 Å². The highest BCUT2D eigenvalue weighted by Gasteiger charge is 2.14. The van der Waals surface area contributed by atoms with Gasteiger partial charge in [0.05, 0.1) is 35.4 Å². The lowest BCUT2D eigenvalue weighted by Crippen LogP contribution is -2.01. The molecular weight excluding hydrogens is 403 g/mol. The van der Waals surface area contributed by atoms with Gasteiger partial charge in [-0.05, 0) is 47.5 Å². The largest absolute Gasteiger partial charge is 0.493 e. The van der Waals surface area contributed by atoms with Gasteiger partial charge >= 0.3 is 0 Å². The molecule has 0 unspecified atom stereocenters. The van der Waals surface area contributed by atoms with Crippen LogP contribution in [0.15, 0.2) is 60.7 Å². The van der Waals surface area contributed by atoms with E-state index in [0.29, 0.717) is 28.2 Å². The van der Waals surface area contributed by atoms with Crippen LogP contribution in [0.25, 0.3) is 11.6 Å². The SMILES string of the molecule is COc1cc(/C=C(/C#N)c2cccc(F)c2)cc(Cl)c1OCc1ccccc1C#N. The molecule has 30 heavy (non-hydrogen) atoms. The van der Waals surface area contributed by atoms with Crippen LogP contribution in [-0.2, 0) is 6.61 Å². The molecule has 0 saturated heterocycles. The third-order valence-electron chi connectivity index (χ3n) is 4.33. The first-order valence-electron chi connectivity index (χ1n) is 8.91. The molecule has 0 saturated carbocycles. The van der Waals surface area contributed by atoms with E-state index < -0.39 is 5.82 Å². The molecule has 0 aliphatic heterocycles. The van der Waals surface area contributed by atoms with Gasteiger partial charge in [0.1, 0.15) is 12.4 Å². The van der Waals surface area contributed by atoms with Crippen LogP contribution in [0.5, 0.6) is 11.5 Å². The van der Waals surface area contributed by atoms with Gasteiger partial charge in [-0.1, -0.05) is 41.9 Å². The summed E-state index contributed by atoms with van der Waals surface area (Å²) in [7, 11) is 1.48. The second-order valence-corrected chi connectivity index (χ2v) is 6.68. The van der Waals surface area contributed by atoms with Crippen LogP contribution in [0.3, 0.4) is 0 Å². The predicted molar refractivity (Wildman–Crippen MR) is 113 cm³/mol. The Kier molecular flexibility index (Phi) is 6.70. The second-order valence-electron chi connectivity index (χ2n) is 6.27. The van der Waals surface area contributed by atoms with E-state index in [1.807, 2.05) is 6.07 Å².